The molecule has 6 heteroatoms. The molecule has 0 aliphatic rings. The van der Waals surface area contributed by atoms with Crippen molar-refractivity contribution < 1.29 is 10.4 Å². The molecule has 76 valence electrons. The van der Waals surface area contributed by atoms with Crippen molar-refractivity contribution in [2.45, 2.75) is 32.1 Å². The number of rotatable bonds is 6. The van der Waals surface area contributed by atoms with Crippen LogP contribution in [0.25, 0.3) is 0 Å². The SMILES string of the molecule is NC(CCCCCC(N)=NO)=NO. The Balaban J connectivity index is 3.27. The zero-order valence-electron chi connectivity index (χ0n) is 7.48. The van der Waals surface area contributed by atoms with Crippen LogP contribution in [0.3, 0.4) is 0 Å². The summed E-state index contributed by atoms with van der Waals surface area (Å²) < 4.78 is 0. The summed E-state index contributed by atoms with van der Waals surface area (Å²) >= 11 is 0. The molecule has 0 fully saturated rings. The van der Waals surface area contributed by atoms with Crippen LogP contribution in [0.15, 0.2) is 10.3 Å². The Bertz CT molecular complexity index is 171. The Kier molecular flexibility index (Phi) is 6.39. The molecular formula is C7H16N4O2. The second-order valence-corrected chi connectivity index (χ2v) is 2.74. The number of oxime groups is 2. The van der Waals surface area contributed by atoms with Gasteiger partial charge in [0.05, 0.1) is 0 Å². The Morgan fingerprint density at radius 2 is 1.23 bits per heavy atom. The van der Waals surface area contributed by atoms with Gasteiger partial charge in [0.25, 0.3) is 0 Å². The topological polar surface area (TPSA) is 117 Å². The van der Waals surface area contributed by atoms with Crippen LogP contribution in [0.1, 0.15) is 32.1 Å². The maximum Gasteiger partial charge on any atom is 0.139 e. The summed E-state index contributed by atoms with van der Waals surface area (Å²) in [6.07, 6.45) is 3.75. The Morgan fingerprint density at radius 3 is 1.54 bits per heavy atom. The van der Waals surface area contributed by atoms with Crippen molar-refractivity contribution in [3.8, 4) is 0 Å². The first-order valence-corrected chi connectivity index (χ1v) is 4.13. The first kappa shape index (κ1) is 11.5. The first-order chi connectivity index (χ1) is 6.20. The molecule has 0 saturated heterocycles. The number of nitrogens with two attached hydrogens (primary N) is 2. The molecule has 0 heterocycles. The van der Waals surface area contributed by atoms with Gasteiger partial charge in [-0.3, -0.25) is 0 Å². The van der Waals surface area contributed by atoms with Gasteiger partial charge in [0, 0.05) is 12.8 Å². The van der Waals surface area contributed by atoms with E-state index in [1.54, 1.807) is 0 Å². The number of amidine groups is 2. The van der Waals surface area contributed by atoms with Crippen molar-refractivity contribution in [3.63, 3.8) is 0 Å². The van der Waals surface area contributed by atoms with Gasteiger partial charge in [0.2, 0.25) is 0 Å². The van der Waals surface area contributed by atoms with Gasteiger partial charge >= 0.3 is 0 Å². The summed E-state index contributed by atoms with van der Waals surface area (Å²) in [4.78, 5) is 0. The second-order valence-electron chi connectivity index (χ2n) is 2.74. The van der Waals surface area contributed by atoms with Crippen molar-refractivity contribution in [1.29, 1.82) is 0 Å². The van der Waals surface area contributed by atoms with E-state index < -0.39 is 0 Å². The normalized spacial score (nSPS) is 13.2. The van der Waals surface area contributed by atoms with Crippen molar-refractivity contribution in [3.05, 3.63) is 0 Å². The largest absolute Gasteiger partial charge is 0.409 e. The molecule has 6 nitrogen and oxygen atoms in total. The summed E-state index contributed by atoms with van der Waals surface area (Å²) in [5.41, 5.74) is 10.5. The summed E-state index contributed by atoms with van der Waals surface area (Å²) in [7, 11) is 0. The number of hydrogen-bond donors (Lipinski definition) is 4. The van der Waals surface area contributed by atoms with Crippen LogP contribution >= 0.6 is 0 Å². The van der Waals surface area contributed by atoms with Crippen LogP contribution in [0.2, 0.25) is 0 Å². The predicted octanol–water partition coefficient (Wildman–Crippen LogP) is 0.430. The number of nitrogens with zero attached hydrogens (tertiary/aromatic N) is 2. The minimum Gasteiger partial charge on any atom is -0.409 e. The van der Waals surface area contributed by atoms with Gasteiger partial charge in [-0.25, -0.2) is 0 Å². The van der Waals surface area contributed by atoms with E-state index >= 15 is 0 Å². The second kappa shape index (κ2) is 7.20. The zero-order chi connectivity index (χ0) is 10.1. The molecule has 0 aliphatic carbocycles. The van der Waals surface area contributed by atoms with Gasteiger partial charge in [0.15, 0.2) is 0 Å². The summed E-state index contributed by atoms with van der Waals surface area (Å²) in [6, 6.07) is 0. The number of hydrogen-bond acceptors (Lipinski definition) is 4. The molecule has 0 bridgehead atoms. The molecule has 6 N–H and O–H groups in total. The van der Waals surface area contributed by atoms with Crippen LogP contribution in [0.5, 0.6) is 0 Å². The third-order valence-corrected chi connectivity index (χ3v) is 1.62. The minimum atomic E-state index is 0.240. The number of unbranched alkanes of at least 4 members (excludes halogenated alkanes) is 2. The fourth-order valence-corrected chi connectivity index (χ4v) is 0.889. The molecule has 0 atom stereocenters. The smallest absolute Gasteiger partial charge is 0.139 e. The van der Waals surface area contributed by atoms with Gasteiger partial charge in [-0.2, -0.15) is 0 Å². The summed E-state index contributed by atoms with van der Waals surface area (Å²) in [5.74, 6) is 0.479. The van der Waals surface area contributed by atoms with E-state index in [2.05, 4.69) is 10.3 Å². The lowest BCUT2D eigenvalue weighted by Gasteiger charge is -1.99. The standard InChI is InChI=1S/C7H16N4O2/c8-6(10-12)4-2-1-3-5-7(9)11-13/h12-13H,1-5H2,(H2,8,10)(H2,9,11). The van der Waals surface area contributed by atoms with Crippen LogP contribution in [-0.4, -0.2) is 22.1 Å². The maximum atomic E-state index is 8.21. The average molecular weight is 188 g/mol. The average Bonchev–Trinajstić information content (AvgIpc) is 2.16. The molecule has 0 amide bonds. The fraction of sp³-hybridized carbons (Fsp3) is 0.714. The maximum absolute atomic E-state index is 8.21. The summed E-state index contributed by atoms with van der Waals surface area (Å²) in [6.45, 7) is 0. The van der Waals surface area contributed by atoms with Gasteiger partial charge in [-0.15, -0.1) is 0 Å². The predicted molar refractivity (Wildman–Crippen MR) is 49.9 cm³/mol. The minimum absolute atomic E-state index is 0.240. The van der Waals surface area contributed by atoms with E-state index in [0.717, 1.165) is 19.3 Å². The van der Waals surface area contributed by atoms with Crippen molar-refractivity contribution in [2.75, 3.05) is 0 Å². The summed E-state index contributed by atoms with van der Waals surface area (Å²) in [5, 5.41) is 22.1. The fourth-order valence-electron chi connectivity index (χ4n) is 0.889. The molecule has 0 aromatic rings. The van der Waals surface area contributed by atoms with Crippen LogP contribution in [0, 0.1) is 0 Å². The van der Waals surface area contributed by atoms with E-state index in [-0.39, 0.29) is 11.7 Å². The lowest BCUT2D eigenvalue weighted by Crippen LogP contribution is -2.12. The first-order valence-electron chi connectivity index (χ1n) is 4.13. The van der Waals surface area contributed by atoms with Gasteiger partial charge < -0.3 is 21.9 Å². The van der Waals surface area contributed by atoms with Crippen LogP contribution in [-0.2, 0) is 0 Å². The monoisotopic (exact) mass is 188 g/mol. The molecule has 0 spiro atoms. The van der Waals surface area contributed by atoms with Crippen LogP contribution < -0.4 is 11.5 Å². The highest BCUT2D eigenvalue weighted by Crippen LogP contribution is 2.02. The van der Waals surface area contributed by atoms with Crippen molar-refractivity contribution >= 4 is 11.7 Å². The highest BCUT2D eigenvalue weighted by Gasteiger charge is 1.96. The molecule has 13 heavy (non-hydrogen) atoms. The molecule has 0 saturated carbocycles. The molecule has 0 radical (unpaired) electrons. The van der Waals surface area contributed by atoms with Gasteiger partial charge in [-0.1, -0.05) is 16.7 Å². The van der Waals surface area contributed by atoms with Crippen LogP contribution in [0.4, 0.5) is 0 Å². The van der Waals surface area contributed by atoms with Gasteiger partial charge in [0.1, 0.15) is 11.7 Å². The zero-order valence-corrected chi connectivity index (χ0v) is 7.48. The van der Waals surface area contributed by atoms with E-state index in [9.17, 15) is 0 Å². The van der Waals surface area contributed by atoms with Crippen molar-refractivity contribution in [1.82, 2.24) is 0 Å². The molecule has 0 aliphatic heterocycles. The Morgan fingerprint density at radius 1 is 0.846 bits per heavy atom. The molecule has 0 aromatic heterocycles. The lowest BCUT2D eigenvalue weighted by molar-refractivity contribution is 0.316. The highest BCUT2D eigenvalue weighted by atomic mass is 16.4. The van der Waals surface area contributed by atoms with Crippen molar-refractivity contribution in [2.24, 2.45) is 21.8 Å². The molecule has 0 aromatic carbocycles. The van der Waals surface area contributed by atoms with E-state index in [1.807, 2.05) is 0 Å². The third-order valence-electron chi connectivity index (χ3n) is 1.62. The lowest BCUT2D eigenvalue weighted by atomic mass is 10.1. The highest BCUT2D eigenvalue weighted by molar-refractivity contribution is 5.80. The van der Waals surface area contributed by atoms with E-state index in [0.29, 0.717) is 12.8 Å². The molecular weight excluding hydrogens is 172 g/mol. The quantitative estimate of drug-likeness (QED) is 0.159. The Labute approximate surface area is 76.9 Å². The van der Waals surface area contributed by atoms with E-state index in [4.69, 9.17) is 21.9 Å². The molecule has 0 unspecified atom stereocenters. The molecule has 0 rings (SSSR count). The third kappa shape index (κ3) is 6.92. The van der Waals surface area contributed by atoms with Gasteiger partial charge in [-0.05, 0) is 12.8 Å². The van der Waals surface area contributed by atoms with E-state index in [1.165, 1.54) is 0 Å². The Hall–Kier alpha value is -1.46.